The number of rotatable bonds is 4. The minimum Gasteiger partial charge on any atom is -0.309 e. The molecule has 0 aliphatic heterocycles. The molecule has 7 aromatic carbocycles. The van der Waals surface area contributed by atoms with E-state index in [4.69, 9.17) is 5.48 Å². The van der Waals surface area contributed by atoms with Crippen LogP contribution in [-0.4, -0.2) is 9.13 Å². The second-order valence-electron chi connectivity index (χ2n) is 11.1. The zero-order chi connectivity index (χ0) is 32.5. The number of para-hydroxylation sites is 2. The zero-order valence-corrected chi connectivity index (χ0v) is 23.8. The van der Waals surface area contributed by atoms with E-state index in [1.165, 1.54) is 33.4 Å². The smallest absolute Gasteiger partial charge is 0.0629 e. The molecule has 9 aromatic rings. The van der Waals surface area contributed by atoms with E-state index in [1.807, 2.05) is 30.3 Å². The maximum absolute atomic E-state index is 8.45. The molecular formula is C42H28N2. The molecule has 2 aromatic heterocycles. The Morgan fingerprint density at radius 1 is 0.364 bits per heavy atom. The third-order valence-electron chi connectivity index (χ3n) is 8.65. The van der Waals surface area contributed by atoms with E-state index < -0.39 is 0 Å². The Labute approximate surface area is 261 Å². The van der Waals surface area contributed by atoms with E-state index in [0.717, 1.165) is 38.8 Å². The van der Waals surface area contributed by atoms with Crippen LogP contribution < -0.4 is 0 Å². The van der Waals surface area contributed by atoms with Gasteiger partial charge in [-0.25, -0.2) is 0 Å². The van der Waals surface area contributed by atoms with E-state index in [0.29, 0.717) is 11.1 Å². The van der Waals surface area contributed by atoms with Gasteiger partial charge < -0.3 is 9.13 Å². The van der Waals surface area contributed by atoms with Crippen LogP contribution in [0.4, 0.5) is 0 Å². The highest BCUT2D eigenvalue weighted by atomic mass is 15.0. The van der Waals surface area contributed by atoms with Gasteiger partial charge in [0.25, 0.3) is 0 Å². The highest BCUT2D eigenvalue weighted by Gasteiger charge is 2.20. The van der Waals surface area contributed by atoms with Crippen LogP contribution in [0.15, 0.2) is 170 Å². The number of aromatic nitrogens is 2. The summed E-state index contributed by atoms with van der Waals surface area (Å²) in [5.41, 5.74) is 9.95. The highest BCUT2D eigenvalue weighted by Crippen LogP contribution is 2.42. The predicted octanol–water partition coefficient (Wildman–Crippen LogP) is 11.2. The van der Waals surface area contributed by atoms with Crippen molar-refractivity contribution in [3.63, 3.8) is 0 Å². The Balaban J connectivity index is 1.29. The van der Waals surface area contributed by atoms with Gasteiger partial charge in [0, 0.05) is 32.9 Å². The van der Waals surface area contributed by atoms with Gasteiger partial charge in [0.1, 0.15) is 0 Å². The summed E-state index contributed by atoms with van der Waals surface area (Å²) in [7, 11) is 0. The Hall–Kier alpha value is -5.86. The fourth-order valence-electron chi connectivity index (χ4n) is 6.74. The summed E-state index contributed by atoms with van der Waals surface area (Å²) in [4.78, 5) is 0. The third-order valence-corrected chi connectivity index (χ3v) is 8.65. The van der Waals surface area contributed by atoms with Crippen molar-refractivity contribution in [1.82, 2.24) is 9.13 Å². The highest BCUT2D eigenvalue weighted by molar-refractivity contribution is 6.28. The van der Waals surface area contributed by atoms with E-state index in [2.05, 4.69) is 118 Å². The average molecular weight is 565 g/mol. The van der Waals surface area contributed by atoms with Crippen LogP contribution in [-0.2, 0) is 0 Å². The molecule has 0 aliphatic rings. The fraction of sp³-hybridized carbons (Fsp3) is 0. The zero-order valence-electron chi connectivity index (χ0n) is 27.8. The number of fused-ring (bicyclic) bond motifs is 7. The molecule has 0 fully saturated rings. The predicted molar refractivity (Wildman–Crippen MR) is 186 cm³/mol. The van der Waals surface area contributed by atoms with Crippen LogP contribution in [0.5, 0.6) is 0 Å². The van der Waals surface area contributed by atoms with Crippen molar-refractivity contribution in [3.05, 3.63) is 170 Å². The molecule has 2 nitrogen and oxygen atoms in total. The topological polar surface area (TPSA) is 9.86 Å². The van der Waals surface area contributed by atoms with Crippen LogP contribution in [0.1, 0.15) is 5.48 Å². The largest absolute Gasteiger partial charge is 0.309 e. The Morgan fingerprint density at radius 3 is 1.66 bits per heavy atom. The van der Waals surface area contributed by atoms with Gasteiger partial charge in [0.05, 0.1) is 27.5 Å². The molecule has 0 aliphatic carbocycles. The van der Waals surface area contributed by atoms with Gasteiger partial charge in [0.15, 0.2) is 0 Å². The summed E-state index contributed by atoms with van der Waals surface area (Å²) < 4.78 is 37.6. The van der Waals surface area contributed by atoms with Crippen LogP contribution in [0.25, 0.3) is 77.2 Å². The number of benzene rings is 7. The number of hydrogen-bond donors (Lipinski definition) is 0. The maximum Gasteiger partial charge on any atom is 0.0629 e. The minimum atomic E-state index is -0.164. The molecule has 44 heavy (non-hydrogen) atoms. The first kappa shape index (κ1) is 20.9. The van der Waals surface area contributed by atoms with Gasteiger partial charge >= 0.3 is 0 Å². The standard InChI is InChI=1S/C42H28N2/c1-3-12-29(13-4-1)31-22-24-33(25-23-31)43-37-20-9-7-18-35(37)41-39(43)26-27-40-42(41)36-19-8-10-21-38(36)44(40)34-17-11-16-32(28-34)30-14-5-2-6-15-30/h1-28H/i1D,3D,12D,13D. The van der Waals surface area contributed by atoms with Crippen LogP contribution in [0.2, 0.25) is 0 Å². The summed E-state index contributed by atoms with van der Waals surface area (Å²) in [5.74, 6) is 0. The number of hydrogen-bond acceptors (Lipinski definition) is 0. The molecule has 0 spiro atoms. The van der Waals surface area contributed by atoms with Gasteiger partial charge in [0.2, 0.25) is 0 Å². The molecule has 0 bridgehead atoms. The molecule has 2 heteroatoms. The minimum absolute atomic E-state index is 0.0821. The lowest BCUT2D eigenvalue weighted by molar-refractivity contribution is 1.17. The van der Waals surface area contributed by atoms with Crippen molar-refractivity contribution in [1.29, 1.82) is 0 Å². The summed E-state index contributed by atoms with van der Waals surface area (Å²) in [6.07, 6.45) is 0. The third kappa shape index (κ3) is 3.75. The van der Waals surface area contributed by atoms with E-state index in [-0.39, 0.29) is 24.2 Å². The van der Waals surface area contributed by atoms with Crippen LogP contribution in [0.3, 0.4) is 0 Å². The van der Waals surface area contributed by atoms with Gasteiger partial charge in [-0.1, -0.05) is 121 Å². The normalized spacial score (nSPS) is 12.9. The lowest BCUT2D eigenvalue weighted by Crippen LogP contribution is -1.95. The first-order valence-corrected chi connectivity index (χ1v) is 14.8. The maximum atomic E-state index is 8.45. The van der Waals surface area contributed by atoms with Crippen molar-refractivity contribution < 1.29 is 5.48 Å². The summed E-state index contributed by atoms with van der Waals surface area (Å²) in [6, 6.07) is 49.7. The monoisotopic (exact) mass is 564 g/mol. The molecular weight excluding hydrogens is 532 g/mol. The molecule has 0 amide bonds. The van der Waals surface area contributed by atoms with Crippen molar-refractivity contribution in [2.45, 2.75) is 0 Å². The Morgan fingerprint density at radius 2 is 0.955 bits per heavy atom. The van der Waals surface area contributed by atoms with E-state index in [1.54, 1.807) is 0 Å². The van der Waals surface area contributed by atoms with Gasteiger partial charge in [-0.15, -0.1) is 0 Å². The summed E-state index contributed by atoms with van der Waals surface area (Å²) in [6.45, 7) is 0. The molecule has 206 valence electrons. The van der Waals surface area contributed by atoms with Gasteiger partial charge in [-0.3, -0.25) is 0 Å². The SMILES string of the molecule is [2H]c1cc([2H])c(-c2ccc(-n3c4ccccc4c4c5c6ccccc6n(-c6cccc(-c7ccccc7)c6)c5ccc43)cc2)c([2H])c1[2H]. The second kappa shape index (κ2) is 9.86. The quantitative estimate of drug-likeness (QED) is 0.201. The van der Waals surface area contributed by atoms with Crippen molar-refractivity contribution in [3.8, 4) is 33.6 Å². The lowest BCUT2D eigenvalue weighted by atomic mass is 10.0. The molecule has 2 heterocycles. The fourth-order valence-corrected chi connectivity index (χ4v) is 6.74. The van der Waals surface area contributed by atoms with Crippen LogP contribution in [0, 0.1) is 0 Å². The van der Waals surface area contributed by atoms with E-state index in [9.17, 15) is 0 Å². The molecule has 0 N–H and O–H groups in total. The summed E-state index contributed by atoms with van der Waals surface area (Å²) in [5, 5.41) is 4.75. The Kier molecular flexibility index (Phi) is 4.69. The molecule has 0 saturated carbocycles. The van der Waals surface area contributed by atoms with E-state index >= 15 is 0 Å². The first-order chi connectivity index (χ1) is 23.5. The molecule has 9 rings (SSSR count). The number of nitrogens with zero attached hydrogens (tertiary/aromatic N) is 2. The first-order valence-electron chi connectivity index (χ1n) is 16.8. The van der Waals surface area contributed by atoms with Crippen molar-refractivity contribution >= 4 is 43.6 Å². The molecule has 0 radical (unpaired) electrons. The lowest BCUT2D eigenvalue weighted by Gasteiger charge is -2.11. The van der Waals surface area contributed by atoms with Crippen molar-refractivity contribution in [2.24, 2.45) is 0 Å². The average Bonchev–Trinajstić information content (AvgIpc) is 3.64. The summed E-state index contributed by atoms with van der Waals surface area (Å²) >= 11 is 0. The van der Waals surface area contributed by atoms with Crippen LogP contribution >= 0.6 is 0 Å². The second-order valence-corrected chi connectivity index (χ2v) is 11.1. The molecule has 0 saturated heterocycles. The molecule has 0 atom stereocenters. The van der Waals surface area contributed by atoms with Gasteiger partial charge in [-0.05, 0) is 70.8 Å². The van der Waals surface area contributed by atoms with Crippen molar-refractivity contribution in [2.75, 3.05) is 0 Å². The molecule has 0 unspecified atom stereocenters. The Bertz CT molecular complexity index is 2710. The van der Waals surface area contributed by atoms with Gasteiger partial charge in [-0.2, -0.15) is 0 Å².